The van der Waals surface area contributed by atoms with E-state index >= 15 is 0 Å². The second-order valence-electron chi connectivity index (χ2n) is 4.87. The highest BCUT2D eigenvalue weighted by Gasteiger charge is 2.18. The van der Waals surface area contributed by atoms with E-state index in [-0.39, 0.29) is 11.9 Å². The Balaban J connectivity index is 1.75. The molecule has 110 valence electrons. The number of nitrogens with one attached hydrogen (secondary N) is 1. The lowest BCUT2D eigenvalue weighted by Crippen LogP contribution is -2.26. The SMILES string of the molecule is Cc1ncsc1C(=O)N[C@H](C)c1ccc2c(c1)OCCO2. The van der Waals surface area contributed by atoms with Gasteiger partial charge in [-0.2, -0.15) is 0 Å². The molecule has 2 heterocycles. The van der Waals surface area contributed by atoms with E-state index in [4.69, 9.17) is 9.47 Å². The van der Waals surface area contributed by atoms with Crippen molar-refractivity contribution in [2.24, 2.45) is 0 Å². The van der Waals surface area contributed by atoms with E-state index in [0.717, 1.165) is 22.8 Å². The smallest absolute Gasteiger partial charge is 0.263 e. The van der Waals surface area contributed by atoms with E-state index in [1.54, 1.807) is 5.51 Å². The summed E-state index contributed by atoms with van der Waals surface area (Å²) in [5, 5.41) is 2.98. The summed E-state index contributed by atoms with van der Waals surface area (Å²) in [7, 11) is 0. The standard InChI is InChI=1S/C15H16N2O3S/c1-9(17-15(18)14-10(2)16-8-21-14)11-3-4-12-13(7-11)20-6-5-19-12/h3-4,7-9H,5-6H2,1-2H3,(H,17,18)/t9-/m1/s1. The van der Waals surface area contributed by atoms with Gasteiger partial charge in [0.15, 0.2) is 11.5 Å². The summed E-state index contributed by atoms with van der Waals surface area (Å²) in [5.41, 5.74) is 3.42. The van der Waals surface area contributed by atoms with Crippen molar-refractivity contribution >= 4 is 17.2 Å². The van der Waals surface area contributed by atoms with Crippen molar-refractivity contribution in [3.63, 3.8) is 0 Å². The van der Waals surface area contributed by atoms with Crippen LogP contribution < -0.4 is 14.8 Å². The molecule has 0 saturated heterocycles. The third-order valence-corrected chi connectivity index (χ3v) is 4.29. The average Bonchev–Trinajstić information content (AvgIpc) is 2.93. The molecule has 0 aliphatic carbocycles. The molecule has 1 atom stereocenters. The van der Waals surface area contributed by atoms with E-state index in [1.165, 1.54) is 11.3 Å². The summed E-state index contributed by atoms with van der Waals surface area (Å²) in [6.45, 7) is 4.90. The number of amides is 1. The predicted molar refractivity (Wildman–Crippen MR) is 80.2 cm³/mol. The van der Waals surface area contributed by atoms with Crippen LogP contribution in [0.15, 0.2) is 23.7 Å². The van der Waals surface area contributed by atoms with Crippen LogP contribution >= 0.6 is 11.3 Å². The van der Waals surface area contributed by atoms with Gasteiger partial charge in [-0.05, 0) is 31.5 Å². The molecule has 3 rings (SSSR count). The van der Waals surface area contributed by atoms with Gasteiger partial charge in [-0.25, -0.2) is 4.98 Å². The normalized spacial score (nSPS) is 14.6. The molecular formula is C15H16N2O3S. The van der Waals surface area contributed by atoms with Crippen LogP contribution in [0.3, 0.4) is 0 Å². The zero-order chi connectivity index (χ0) is 14.8. The van der Waals surface area contributed by atoms with E-state index in [2.05, 4.69) is 10.3 Å². The Bertz CT molecular complexity index is 669. The van der Waals surface area contributed by atoms with Crippen LogP contribution in [0.5, 0.6) is 11.5 Å². The van der Waals surface area contributed by atoms with Crippen molar-refractivity contribution in [1.29, 1.82) is 0 Å². The Labute approximate surface area is 126 Å². The first kappa shape index (κ1) is 13.9. The van der Waals surface area contributed by atoms with Crippen LogP contribution in [0.25, 0.3) is 0 Å². The summed E-state index contributed by atoms with van der Waals surface area (Å²) in [6, 6.07) is 5.62. The van der Waals surface area contributed by atoms with Gasteiger partial charge in [-0.1, -0.05) is 6.07 Å². The molecule has 0 unspecified atom stereocenters. The molecule has 1 aromatic carbocycles. The summed E-state index contributed by atoms with van der Waals surface area (Å²) < 4.78 is 11.1. The van der Waals surface area contributed by atoms with E-state index in [1.807, 2.05) is 32.0 Å². The van der Waals surface area contributed by atoms with Gasteiger partial charge in [0, 0.05) is 0 Å². The number of nitrogens with zero attached hydrogens (tertiary/aromatic N) is 1. The highest BCUT2D eigenvalue weighted by atomic mass is 32.1. The third kappa shape index (κ3) is 2.85. The molecule has 1 amide bonds. The van der Waals surface area contributed by atoms with Crippen LogP contribution in [0.4, 0.5) is 0 Å². The molecule has 1 aromatic heterocycles. The monoisotopic (exact) mass is 304 g/mol. The summed E-state index contributed by atoms with van der Waals surface area (Å²) >= 11 is 1.35. The first-order valence-corrected chi connectivity index (χ1v) is 7.63. The molecule has 0 saturated carbocycles. The van der Waals surface area contributed by atoms with Gasteiger partial charge in [-0.15, -0.1) is 11.3 Å². The second kappa shape index (κ2) is 5.73. The predicted octanol–water partition coefficient (Wildman–Crippen LogP) is 2.71. The van der Waals surface area contributed by atoms with Gasteiger partial charge in [0.2, 0.25) is 0 Å². The van der Waals surface area contributed by atoms with Crippen LogP contribution in [0.1, 0.15) is 33.9 Å². The Kier molecular flexibility index (Phi) is 3.79. The minimum Gasteiger partial charge on any atom is -0.486 e. The van der Waals surface area contributed by atoms with Gasteiger partial charge >= 0.3 is 0 Å². The zero-order valence-electron chi connectivity index (χ0n) is 11.9. The minimum atomic E-state index is -0.116. The van der Waals surface area contributed by atoms with Crippen molar-refractivity contribution in [3.8, 4) is 11.5 Å². The Morgan fingerprint density at radius 3 is 2.81 bits per heavy atom. The molecule has 21 heavy (non-hydrogen) atoms. The van der Waals surface area contributed by atoms with Crippen LogP contribution in [-0.2, 0) is 0 Å². The molecule has 0 fully saturated rings. The van der Waals surface area contributed by atoms with Gasteiger partial charge in [-0.3, -0.25) is 4.79 Å². The summed E-state index contributed by atoms with van der Waals surface area (Å²) in [6.07, 6.45) is 0. The fraction of sp³-hybridized carbons (Fsp3) is 0.333. The van der Waals surface area contributed by atoms with Crippen LogP contribution in [0, 0.1) is 6.92 Å². The number of benzene rings is 1. The summed E-state index contributed by atoms with van der Waals surface area (Å²) in [5.74, 6) is 1.38. The number of aromatic nitrogens is 1. The van der Waals surface area contributed by atoms with Gasteiger partial charge in [0.1, 0.15) is 18.1 Å². The fourth-order valence-electron chi connectivity index (χ4n) is 2.19. The van der Waals surface area contributed by atoms with Gasteiger partial charge < -0.3 is 14.8 Å². The Hall–Kier alpha value is -2.08. The quantitative estimate of drug-likeness (QED) is 0.947. The Morgan fingerprint density at radius 1 is 1.33 bits per heavy atom. The molecule has 0 spiro atoms. The average molecular weight is 304 g/mol. The number of hydrogen-bond acceptors (Lipinski definition) is 5. The first-order valence-electron chi connectivity index (χ1n) is 6.75. The topological polar surface area (TPSA) is 60.5 Å². The molecule has 2 aromatic rings. The Morgan fingerprint density at radius 2 is 2.10 bits per heavy atom. The molecule has 1 N–H and O–H groups in total. The highest BCUT2D eigenvalue weighted by Crippen LogP contribution is 2.32. The number of fused-ring (bicyclic) bond motifs is 1. The third-order valence-electron chi connectivity index (χ3n) is 3.37. The molecule has 6 heteroatoms. The van der Waals surface area contributed by atoms with Crippen molar-refractivity contribution in [2.45, 2.75) is 19.9 Å². The van der Waals surface area contributed by atoms with Gasteiger partial charge in [0.05, 0.1) is 17.2 Å². The lowest BCUT2D eigenvalue weighted by Gasteiger charge is -2.21. The lowest BCUT2D eigenvalue weighted by atomic mass is 10.1. The number of aryl methyl sites for hydroxylation is 1. The second-order valence-corrected chi connectivity index (χ2v) is 5.72. The maximum atomic E-state index is 12.2. The van der Waals surface area contributed by atoms with E-state index in [0.29, 0.717) is 18.1 Å². The largest absolute Gasteiger partial charge is 0.486 e. The lowest BCUT2D eigenvalue weighted by molar-refractivity contribution is 0.0943. The molecular weight excluding hydrogens is 288 g/mol. The highest BCUT2D eigenvalue weighted by molar-refractivity contribution is 7.11. The van der Waals surface area contributed by atoms with Crippen LogP contribution in [-0.4, -0.2) is 24.1 Å². The van der Waals surface area contributed by atoms with Crippen molar-refractivity contribution in [3.05, 3.63) is 39.8 Å². The summed E-state index contributed by atoms with van der Waals surface area (Å²) in [4.78, 5) is 17.0. The van der Waals surface area contributed by atoms with Crippen molar-refractivity contribution < 1.29 is 14.3 Å². The number of carbonyl (C=O) groups is 1. The number of thiazole rings is 1. The van der Waals surface area contributed by atoms with Crippen molar-refractivity contribution in [2.75, 3.05) is 13.2 Å². The first-order chi connectivity index (χ1) is 10.1. The van der Waals surface area contributed by atoms with Crippen LogP contribution in [0.2, 0.25) is 0 Å². The van der Waals surface area contributed by atoms with E-state index < -0.39 is 0 Å². The minimum absolute atomic E-state index is 0.0996. The number of rotatable bonds is 3. The fourth-order valence-corrected chi connectivity index (χ4v) is 2.90. The number of carbonyl (C=O) groups excluding carboxylic acids is 1. The molecule has 1 aliphatic heterocycles. The zero-order valence-corrected chi connectivity index (χ0v) is 12.7. The van der Waals surface area contributed by atoms with Gasteiger partial charge in [0.25, 0.3) is 5.91 Å². The molecule has 0 bridgehead atoms. The number of hydrogen-bond donors (Lipinski definition) is 1. The van der Waals surface area contributed by atoms with E-state index in [9.17, 15) is 4.79 Å². The molecule has 0 radical (unpaired) electrons. The maximum absolute atomic E-state index is 12.2. The number of ether oxygens (including phenoxy) is 2. The molecule has 5 nitrogen and oxygen atoms in total. The molecule has 1 aliphatic rings. The van der Waals surface area contributed by atoms with Crippen molar-refractivity contribution in [1.82, 2.24) is 10.3 Å². The maximum Gasteiger partial charge on any atom is 0.263 e.